The number of aliphatic carboxylic acids is 1. The lowest BCUT2D eigenvalue weighted by molar-refractivity contribution is -0.192. The van der Waals surface area contributed by atoms with Crippen LogP contribution in [-0.2, 0) is 11.3 Å². The van der Waals surface area contributed by atoms with E-state index in [1.54, 1.807) is 10.8 Å². The smallest absolute Gasteiger partial charge is 0.475 e. The van der Waals surface area contributed by atoms with E-state index in [1.807, 2.05) is 0 Å². The Kier molecular flexibility index (Phi) is 6.35. The first-order chi connectivity index (χ1) is 10.2. The van der Waals surface area contributed by atoms with Crippen molar-refractivity contribution >= 4 is 5.97 Å². The number of carboxylic acids is 1. The predicted molar refractivity (Wildman–Crippen MR) is 70.6 cm³/mol. The highest BCUT2D eigenvalue weighted by molar-refractivity contribution is 5.73. The first kappa shape index (κ1) is 18.0. The molecular formula is C12H16F3N3O4. The fourth-order valence-corrected chi connectivity index (χ4v) is 1.93. The van der Waals surface area contributed by atoms with Crippen LogP contribution in [0.2, 0.25) is 0 Å². The van der Waals surface area contributed by atoms with E-state index < -0.39 is 12.1 Å². The van der Waals surface area contributed by atoms with E-state index in [4.69, 9.17) is 9.90 Å². The van der Waals surface area contributed by atoms with Gasteiger partial charge in [-0.1, -0.05) is 0 Å². The van der Waals surface area contributed by atoms with Crippen LogP contribution in [-0.4, -0.2) is 39.9 Å². The fourth-order valence-electron chi connectivity index (χ4n) is 1.93. The Morgan fingerprint density at radius 1 is 1.32 bits per heavy atom. The molecule has 1 aliphatic heterocycles. The van der Waals surface area contributed by atoms with Crippen LogP contribution in [0.1, 0.15) is 12.8 Å². The molecule has 0 saturated carbocycles. The van der Waals surface area contributed by atoms with Gasteiger partial charge in [0.15, 0.2) is 0 Å². The Balaban J connectivity index is 0.000000295. The minimum Gasteiger partial charge on any atom is -0.475 e. The molecule has 1 aromatic rings. The van der Waals surface area contributed by atoms with E-state index in [-0.39, 0.29) is 11.2 Å². The Morgan fingerprint density at radius 3 is 2.32 bits per heavy atom. The standard InChI is InChI=1S/C10H15N3O2.C2HF3O2/c14-9-3-6-13(10(15)12-9)7-8-1-4-11-5-2-8;3-2(4,5)1(6)7/h3,6,8,11H,1-2,4-5,7H2,(H,12,14,15);(H,6,7). The van der Waals surface area contributed by atoms with Crippen molar-refractivity contribution in [1.29, 1.82) is 0 Å². The lowest BCUT2D eigenvalue weighted by Gasteiger charge is -2.22. The third kappa shape index (κ3) is 6.12. The molecule has 1 aliphatic rings. The predicted octanol–water partition coefficient (Wildman–Crippen LogP) is 0.170. The topological polar surface area (TPSA) is 104 Å². The van der Waals surface area contributed by atoms with Crippen molar-refractivity contribution in [2.75, 3.05) is 13.1 Å². The van der Waals surface area contributed by atoms with Crippen LogP contribution in [0.3, 0.4) is 0 Å². The molecular weight excluding hydrogens is 307 g/mol. The van der Waals surface area contributed by atoms with Crippen molar-refractivity contribution in [3.8, 4) is 0 Å². The lowest BCUT2D eigenvalue weighted by Crippen LogP contribution is -2.34. The number of hydrogen-bond acceptors (Lipinski definition) is 4. The molecule has 124 valence electrons. The van der Waals surface area contributed by atoms with Gasteiger partial charge in [0.1, 0.15) is 0 Å². The van der Waals surface area contributed by atoms with Gasteiger partial charge in [-0.15, -0.1) is 0 Å². The average molecular weight is 323 g/mol. The molecule has 0 radical (unpaired) electrons. The number of nitrogens with one attached hydrogen (secondary N) is 2. The van der Waals surface area contributed by atoms with Crippen LogP contribution in [0, 0.1) is 5.92 Å². The van der Waals surface area contributed by atoms with Gasteiger partial charge in [0.2, 0.25) is 0 Å². The number of H-pyrrole nitrogens is 1. The number of nitrogens with zero attached hydrogens (tertiary/aromatic N) is 1. The Labute approximate surface area is 122 Å². The Morgan fingerprint density at radius 2 is 1.86 bits per heavy atom. The summed E-state index contributed by atoms with van der Waals surface area (Å²) in [6, 6.07) is 1.39. The van der Waals surface area contributed by atoms with Crippen LogP contribution in [0.15, 0.2) is 21.9 Å². The number of carboxylic acid groups (broad SMARTS) is 1. The first-order valence-electron chi connectivity index (χ1n) is 6.50. The third-order valence-electron chi connectivity index (χ3n) is 3.05. The van der Waals surface area contributed by atoms with Crippen LogP contribution in [0.25, 0.3) is 0 Å². The molecule has 0 aliphatic carbocycles. The van der Waals surface area contributed by atoms with Gasteiger partial charge in [-0.05, 0) is 31.8 Å². The molecule has 2 heterocycles. The third-order valence-corrected chi connectivity index (χ3v) is 3.05. The van der Waals surface area contributed by atoms with Crippen molar-refractivity contribution < 1.29 is 23.1 Å². The molecule has 0 aromatic carbocycles. The summed E-state index contributed by atoms with van der Waals surface area (Å²) in [6.07, 6.45) is -1.33. The summed E-state index contributed by atoms with van der Waals surface area (Å²) >= 11 is 0. The van der Waals surface area contributed by atoms with E-state index in [1.165, 1.54) is 6.07 Å². The van der Waals surface area contributed by atoms with Crippen molar-refractivity contribution in [2.24, 2.45) is 5.92 Å². The van der Waals surface area contributed by atoms with E-state index >= 15 is 0 Å². The molecule has 2 rings (SSSR count). The summed E-state index contributed by atoms with van der Waals surface area (Å²) in [7, 11) is 0. The molecule has 10 heteroatoms. The zero-order valence-electron chi connectivity index (χ0n) is 11.5. The summed E-state index contributed by atoms with van der Waals surface area (Å²) in [6.45, 7) is 2.74. The van der Waals surface area contributed by atoms with Gasteiger partial charge in [0.25, 0.3) is 5.56 Å². The molecule has 3 N–H and O–H groups in total. The fraction of sp³-hybridized carbons (Fsp3) is 0.583. The summed E-state index contributed by atoms with van der Waals surface area (Å²) in [5.74, 6) is -2.22. The quantitative estimate of drug-likeness (QED) is 0.720. The van der Waals surface area contributed by atoms with Crippen LogP contribution >= 0.6 is 0 Å². The summed E-state index contributed by atoms with van der Waals surface area (Å²) < 4.78 is 33.3. The highest BCUT2D eigenvalue weighted by atomic mass is 19.4. The van der Waals surface area contributed by atoms with Gasteiger partial charge in [-0.25, -0.2) is 9.59 Å². The highest BCUT2D eigenvalue weighted by Crippen LogP contribution is 2.13. The maximum atomic E-state index is 11.4. The van der Waals surface area contributed by atoms with Gasteiger partial charge in [0.05, 0.1) is 0 Å². The molecule has 7 nitrogen and oxygen atoms in total. The molecule has 1 saturated heterocycles. The monoisotopic (exact) mass is 323 g/mol. The molecule has 0 amide bonds. The molecule has 0 bridgehead atoms. The van der Waals surface area contributed by atoms with Crippen molar-refractivity contribution in [2.45, 2.75) is 25.6 Å². The SMILES string of the molecule is O=C(O)C(F)(F)F.O=c1ccn(CC2CCNCC2)c(=O)[nH]1. The van der Waals surface area contributed by atoms with E-state index in [0.29, 0.717) is 12.5 Å². The number of halogens is 3. The minimum atomic E-state index is -5.08. The number of aromatic nitrogens is 2. The van der Waals surface area contributed by atoms with Crippen LogP contribution in [0.4, 0.5) is 13.2 Å². The van der Waals surface area contributed by atoms with Gasteiger partial charge in [0, 0.05) is 18.8 Å². The second-order valence-corrected chi connectivity index (χ2v) is 4.76. The molecule has 0 unspecified atom stereocenters. The number of hydrogen-bond donors (Lipinski definition) is 3. The number of aromatic amines is 1. The van der Waals surface area contributed by atoms with E-state index in [2.05, 4.69) is 10.3 Å². The summed E-state index contributed by atoms with van der Waals surface area (Å²) in [4.78, 5) is 33.4. The average Bonchev–Trinajstić information content (AvgIpc) is 2.43. The Hall–Kier alpha value is -2.10. The zero-order valence-corrected chi connectivity index (χ0v) is 11.5. The minimum absolute atomic E-state index is 0.305. The molecule has 0 spiro atoms. The van der Waals surface area contributed by atoms with Gasteiger partial charge < -0.3 is 15.0 Å². The van der Waals surface area contributed by atoms with E-state index in [9.17, 15) is 22.8 Å². The number of carbonyl (C=O) groups is 1. The van der Waals surface area contributed by atoms with Crippen molar-refractivity contribution in [3.05, 3.63) is 33.1 Å². The second kappa shape index (κ2) is 7.78. The molecule has 1 aromatic heterocycles. The van der Waals surface area contributed by atoms with Crippen molar-refractivity contribution in [3.63, 3.8) is 0 Å². The van der Waals surface area contributed by atoms with Gasteiger partial charge >= 0.3 is 17.8 Å². The largest absolute Gasteiger partial charge is 0.490 e. The van der Waals surface area contributed by atoms with E-state index in [0.717, 1.165) is 25.9 Å². The Bertz CT molecular complexity index is 603. The van der Waals surface area contributed by atoms with Crippen molar-refractivity contribution in [1.82, 2.24) is 14.9 Å². The summed E-state index contributed by atoms with van der Waals surface area (Å²) in [5.41, 5.74) is -0.636. The normalized spacial score (nSPS) is 15.8. The number of rotatable bonds is 2. The van der Waals surface area contributed by atoms with Crippen LogP contribution < -0.4 is 16.6 Å². The van der Waals surface area contributed by atoms with Crippen LogP contribution in [0.5, 0.6) is 0 Å². The molecule has 0 atom stereocenters. The molecule has 22 heavy (non-hydrogen) atoms. The van der Waals surface area contributed by atoms with Gasteiger partial charge in [-0.3, -0.25) is 9.78 Å². The summed E-state index contributed by atoms with van der Waals surface area (Å²) in [5, 5.41) is 10.4. The number of alkyl halides is 3. The zero-order chi connectivity index (χ0) is 16.8. The highest BCUT2D eigenvalue weighted by Gasteiger charge is 2.38. The first-order valence-corrected chi connectivity index (χ1v) is 6.50. The molecule has 1 fully saturated rings. The number of piperidine rings is 1. The lowest BCUT2D eigenvalue weighted by atomic mass is 9.98. The van der Waals surface area contributed by atoms with Gasteiger partial charge in [-0.2, -0.15) is 13.2 Å². The maximum absolute atomic E-state index is 11.4. The second-order valence-electron chi connectivity index (χ2n) is 4.76. The maximum Gasteiger partial charge on any atom is 0.490 e.